The zero-order valence-corrected chi connectivity index (χ0v) is 84.2. The van der Waals surface area contributed by atoms with E-state index in [2.05, 4.69) is 254 Å². The highest BCUT2D eigenvalue weighted by atomic mass is 16.5. The van der Waals surface area contributed by atoms with Crippen LogP contribution in [0.3, 0.4) is 0 Å². The predicted molar refractivity (Wildman–Crippen MR) is 556 cm³/mol. The zero-order valence-electron chi connectivity index (χ0n) is 84.2. The van der Waals surface area contributed by atoms with Crippen LogP contribution >= 0.6 is 0 Å². The smallest absolute Gasteiger partial charge is 0.253 e. The van der Waals surface area contributed by atoms with Gasteiger partial charge in [-0.15, -0.1) is 0 Å². The van der Waals surface area contributed by atoms with Gasteiger partial charge in [0.1, 0.15) is 11.5 Å². The Hall–Kier alpha value is -11.0. The van der Waals surface area contributed by atoms with Gasteiger partial charge in [-0.05, 0) is 293 Å². The van der Waals surface area contributed by atoms with Crippen LogP contribution in [0.15, 0.2) is 231 Å². The third-order valence-electron chi connectivity index (χ3n) is 24.9. The van der Waals surface area contributed by atoms with Crippen molar-refractivity contribution in [3.63, 3.8) is 0 Å². The van der Waals surface area contributed by atoms with Crippen molar-refractivity contribution < 1.29 is 33.4 Å². The number of amides is 5. The molecule has 3 heterocycles. The molecule has 133 heavy (non-hydrogen) atoms. The Morgan fingerprint density at radius 1 is 0.398 bits per heavy atom. The van der Waals surface area contributed by atoms with Crippen molar-refractivity contribution in [2.24, 2.45) is 35.5 Å². The van der Waals surface area contributed by atoms with Gasteiger partial charge in [-0.1, -0.05) is 266 Å². The van der Waals surface area contributed by atoms with Crippen LogP contribution in [0.1, 0.15) is 215 Å². The van der Waals surface area contributed by atoms with Gasteiger partial charge >= 0.3 is 0 Å². The maximum Gasteiger partial charge on any atom is 0.253 e. The van der Waals surface area contributed by atoms with Crippen molar-refractivity contribution in [2.45, 2.75) is 185 Å². The van der Waals surface area contributed by atoms with Crippen molar-refractivity contribution in [1.29, 1.82) is 0 Å². The topological polar surface area (TPSA) is 159 Å². The first-order valence-corrected chi connectivity index (χ1v) is 49.0. The molecule has 3 aliphatic rings. The van der Waals surface area contributed by atoms with E-state index >= 15 is 0 Å². The second-order valence-electron chi connectivity index (χ2n) is 39.5. The molecule has 3 atom stereocenters. The van der Waals surface area contributed by atoms with E-state index in [-0.39, 0.29) is 35.6 Å². The van der Waals surface area contributed by atoms with Crippen molar-refractivity contribution in [3.8, 4) is 67.1 Å². The average molecular weight is 1800 g/mol. The Kier molecular flexibility index (Phi) is 42.7. The number of likely N-dealkylation sites (N-methyl/N-ethyl adjacent to an activating group) is 4. The molecule has 1 unspecified atom stereocenters. The molecule has 712 valence electrons. The summed E-state index contributed by atoms with van der Waals surface area (Å²) in [7, 11) is 15.1. The Morgan fingerprint density at radius 2 is 0.774 bits per heavy atom. The van der Waals surface area contributed by atoms with Gasteiger partial charge in [-0.3, -0.25) is 28.9 Å². The monoisotopic (exact) mass is 1800 g/mol. The van der Waals surface area contributed by atoms with Crippen molar-refractivity contribution in [3.05, 3.63) is 286 Å². The molecule has 16 heteroatoms. The van der Waals surface area contributed by atoms with E-state index < -0.39 is 0 Å². The molecule has 3 fully saturated rings. The summed E-state index contributed by atoms with van der Waals surface area (Å²) in [6.07, 6.45) is 13.8. The zero-order chi connectivity index (χ0) is 96.2. The van der Waals surface area contributed by atoms with Gasteiger partial charge in [0.05, 0.1) is 14.2 Å². The maximum absolute atomic E-state index is 12.9. The van der Waals surface area contributed by atoms with E-state index in [9.17, 15) is 24.0 Å². The Morgan fingerprint density at radius 3 is 1.19 bits per heavy atom. The summed E-state index contributed by atoms with van der Waals surface area (Å²) >= 11 is 0. The fourth-order valence-electron chi connectivity index (χ4n) is 18.1. The maximum atomic E-state index is 12.9. The van der Waals surface area contributed by atoms with Gasteiger partial charge in [0, 0.05) is 111 Å². The normalized spacial score (nSPS) is 14.7. The number of carbonyl (C=O) groups is 5. The minimum absolute atomic E-state index is 0.00384. The molecular formula is C117H157N9O7. The standard InChI is InChI=1S/C25H34N2O2.2C24H32N2O.C24H34N2O.C20H25NO2/c1-5-27-14-8-12-22(27)17-26-25(28)21-11-6-9-19(16-21)23-13-7-10-20(15-18(2)3)24(23)29-4;1-18(2)14-19-8-5-9-20(15-19)21-10-6-11-22(16-21)24(27)26(4)17-23-12-7-13-25(23)3;1-19(2)16-20-8-6-9-21(17-20)22-10-7-11-23(18-22)24(27)25-12-15-26-13-4-3-5-14-26;1-17(2)13-19-9-7-10-20(14-19)21-11-8-12-22(15-21)24(27)25-23(18(3)4)16-26(5)6;1-14(2)12-16-9-7-11-18(19(16)23-5)15-8-6-10-17(13-15)20(22)21(3)4/h6-7,9-11,13,16,18,22H,5,8,12,14-15,17H2,1-4H3,(H,26,28);5-6,8-11,15-16,18,23H,7,12-14,17H2,1-4H3;6-11,17-19H,3-5,12-16H2,1-2H3,(H,25,27);7-12,14-15,17-18,23H,13,16H2,1-6H3,(H,25,27);6-11,13-14H,12H2,1-5H3/t;23-;;23-;/m.0.0./s1. The van der Waals surface area contributed by atoms with E-state index in [0.717, 1.165) is 158 Å². The number of hydrogen-bond acceptors (Lipinski definition) is 11. The van der Waals surface area contributed by atoms with Crippen molar-refractivity contribution >= 4 is 29.5 Å². The molecule has 10 aromatic rings. The summed E-state index contributed by atoms with van der Waals surface area (Å²) in [5.74, 6) is 5.31. The van der Waals surface area contributed by atoms with Gasteiger partial charge in [0.15, 0.2) is 0 Å². The average Bonchev–Trinajstić information content (AvgIpc) is 0.894. The third kappa shape index (κ3) is 33.5. The molecular weight excluding hydrogens is 1640 g/mol. The summed E-state index contributed by atoms with van der Waals surface area (Å²) in [6, 6.07) is 79.0. The fraction of sp³-hybridized carbons (Fsp3) is 0.444. The first-order chi connectivity index (χ1) is 63.8. The van der Waals surface area contributed by atoms with Gasteiger partial charge in [-0.2, -0.15) is 0 Å². The van der Waals surface area contributed by atoms with Crippen molar-refractivity contribution in [2.75, 3.05) is 122 Å². The third-order valence-corrected chi connectivity index (χ3v) is 24.9. The summed E-state index contributed by atoms with van der Waals surface area (Å²) in [6.45, 7) is 38.4. The Bertz CT molecular complexity index is 5310. The molecule has 5 amide bonds. The quantitative estimate of drug-likeness (QED) is 0.0352. The van der Waals surface area contributed by atoms with Gasteiger partial charge in [-0.25, -0.2) is 0 Å². The highest BCUT2D eigenvalue weighted by Crippen LogP contribution is 2.38. The first kappa shape index (κ1) is 106. The van der Waals surface area contributed by atoms with E-state index in [1.54, 1.807) is 33.2 Å². The number of rotatable bonds is 34. The molecule has 0 aliphatic carbocycles. The second kappa shape index (κ2) is 53.8. The highest BCUT2D eigenvalue weighted by Gasteiger charge is 2.28. The number of nitrogens with one attached hydrogen (secondary N) is 3. The van der Waals surface area contributed by atoms with Crippen LogP contribution in [0, 0.1) is 35.5 Å². The summed E-state index contributed by atoms with van der Waals surface area (Å²) < 4.78 is 11.4. The number of likely N-dealkylation sites (tertiary alicyclic amines) is 3. The lowest BCUT2D eigenvalue weighted by Crippen LogP contribution is -2.45. The molecule has 16 nitrogen and oxygen atoms in total. The molecule has 0 aromatic heterocycles. The number of ether oxygens (including phenoxy) is 2. The number of benzene rings is 10. The van der Waals surface area contributed by atoms with E-state index in [0.29, 0.717) is 77.4 Å². The van der Waals surface area contributed by atoms with Crippen LogP contribution in [0.4, 0.5) is 0 Å². The summed E-state index contributed by atoms with van der Waals surface area (Å²) in [4.78, 5) is 76.1. The lowest BCUT2D eigenvalue weighted by Gasteiger charge is -2.26. The van der Waals surface area contributed by atoms with Crippen LogP contribution in [0.2, 0.25) is 0 Å². The highest BCUT2D eigenvalue weighted by molar-refractivity contribution is 5.98. The van der Waals surface area contributed by atoms with E-state index in [1.807, 2.05) is 135 Å². The number of carbonyl (C=O) groups excluding carboxylic acids is 5. The molecule has 3 N–H and O–H groups in total. The summed E-state index contributed by atoms with van der Waals surface area (Å²) in [5.41, 5.74) is 20.9. The molecule has 0 bridgehead atoms. The van der Waals surface area contributed by atoms with Gasteiger partial charge in [0.25, 0.3) is 29.5 Å². The summed E-state index contributed by atoms with van der Waals surface area (Å²) in [5, 5.41) is 9.42. The molecule has 3 aliphatic heterocycles. The van der Waals surface area contributed by atoms with Crippen molar-refractivity contribution in [1.82, 2.24) is 45.3 Å². The molecule has 0 saturated carbocycles. The minimum Gasteiger partial charge on any atom is -0.496 e. The van der Waals surface area contributed by atoms with Crippen LogP contribution in [-0.4, -0.2) is 199 Å². The molecule has 3 saturated heterocycles. The van der Waals surface area contributed by atoms with Crippen LogP contribution in [0.5, 0.6) is 11.5 Å². The molecule has 10 aromatic carbocycles. The Labute approximate surface area is 799 Å². The number of hydrogen-bond donors (Lipinski definition) is 3. The molecule has 0 radical (unpaired) electrons. The number of para-hydroxylation sites is 2. The number of piperidine rings is 1. The lowest BCUT2D eigenvalue weighted by atomic mass is 9.95. The fourth-order valence-corrected chi connectivity index (χ4v) is 18.1. The lowest BCUT2D eigenvalue weighted by molar-refractivity contribution is 0.0760. The van der Waals surface area contributed by atoms with Gasteiger partial charge in [0.2, 0.25) is 0 Å². The van der Waals surface area contributed by atoms with Crippen LogP contribution < -0.4 is 25.4 Å². The minimum atomic E-state index is -0.00731. The predicted octanol–water partition coefficient (Wildman–Crippen LogP) is 23.4. The van der Waals surface area contributed by atoms with E-state index in [4.69, 9.17) is 9.47 Å². The SMILES string of the molecule is CC(C)Cc1cccc(-c2cccc(C(=O)N(C)C[C@@H]3CCCN3C)c2)c1.CC(C)Cc1cccc(-c2cccc(C(=O)NCCN3CCCCC3)c2)c1.CC(C)Cc1cccc(-c2cccc(C(=O)N[C@@H](CN(C)C)C(C)C)c2)c1.CCN1CCCC1CNC(=O)c1cccc(-c2cccc(CC(C)C)c2OC)c1.COc1c(CC(C)C)cccc1-c1cccc(C(=O)N(C)C)c1. The number of nitrogens with zero attached hydrogens (tertiary/aromatic N) is 6. The number of methoxy groups -OCH3 is 2. The second-order valence-corrected chi connectivity index (χ2v) is 39.5. The van der Waals surface area contributed by atoms with Crippen LogP contribution in [0.25, 0.3) is 55.6 Å². The largest absolute Gasteiger partial charge is 0.496 e. The molecule has 13 rings (SSSR count). The Balaban J connectivity index is 0.000000187. The van der Waals surface area contributed by atoms with E-state index in [1.165, 1.54) is 77.5 Å². The van der Waals surface area contributed by atoms with Gasteiger partial charge < -0.3 is 49.9 Å². The molecule has 0 spiro atoms. The van der Waals surface area contributed by atoms with Crippen LogP contribution in [-0.2, 0) is 32.1 Å². The first-order valence-electron chi connectivity index (χ1n) is 49.0.